The van der Waals surface area contributed by atoms with Crippen LogP contribution in [-0.2, 0) is 33.2 Å². The van der Waals surface area contributed by atoms with E-state index < -0.39 is 100 Å². The molecule has 16 heteroatoms. The second kappa shape index (κ2) is 29.5. The zero-order chi connectivity index (χ0) is 59.5. The molecule has 0 radical (unpaired) electrons. The molecule has 0 bridgehead atoms. The van der Waals surface area contributed by atoms with Gasteiger partial charge in [0.05, 0.1) is 41.5 Å². The van der Waals surface area contributed by atoms with Gasteiger partial charge in [-0.1, -0.05) is 20.8 Å². The molecule has 458 valence electrons. The van der Waals surface area contributed by atoms with Crippen molar-refractivity contribution in [3.8, 4) is 0 Å². The van der Waals surface area contributed by atoms with Gasteiger partial charge in [0.25, 0.3) is 0 Å². The minimum Gasteiger partial charge on any atom is -0.388 e. The molecule has 3 aliphatic heterocycles. The smallest absolute Gasteiger partial charge is 0.388 e. The number of likely N-dealkylation sites (N-methyl/N-ethyl adjacent to an activating group) is 1. The van der Waals surface area contributed by atoms with E-state index >= 15 is 0 Å². The number of carbonyl (C=O) groups excluding carboxylic acids is 1. The van der Waals surface area contributed by atoms with E-state index in [-0.39, 0.29) is 37.3 Å². The van der Waals surface area contributed by atoms with Gasteiger partial charge in [0.2, 0.25) is 0 Å². The minimum atomic E-state index is -2.81. The molecular weight excluding hydrogens is 1160 g/mol. The molecule has 3 aromatic carbocycles. The van der Waals surface area contributed by atoms with Gasteiger partial charge in [-0.2, -0.15) is 0 Å². The SMILES string of the molecule is CC[C@H]1OC(=O)[C@@H](C)[C@@H](O[C@H]2C[C@@](C)(OC)[C@@H](O)[C@H](C)O2)[C@H](C)[C@@H](O[C@@H]2O[C@H](C)C[C@H](N(C)C)[C@H]2O)[C@](C)(O)C[C@@H](C)CN(CCCCCCCCCCP(I)(c2ccccc2)(c2ccccc2)c2ccccc2)[C@H](C)[C@@H](O)[C@]1(C)O. The van der Waals surface area contributed by atoms with Gasteiger partial charge < -0.3 is 58.9 Å². The third-order valence-electron chi connectivity index (χ3n) is 18.7. The molecule has 3 aromatic rings. The molecule has 81 heavy (non-hydrogen) atoms. The number of methoxy groups -OCH3 is 1. The van der Waals surface area contributed by atoms with Crippen molar-refractivity contribution in [1.82, 2.24) is 9.80 Å². The monoisotopic (exact) mass is 1260 g/mol. The van der Waals surface area contributed by atoms with Crippen LogP contribution in [0.15, 0.2) is 91.0 Å². The Morgan fingerprint density at radius 1 is 0.728 bits per heavy atom. The Balaban J connectivity index is 1.19. The maximum absolute atomic E-state index is 14.7. The first-order valence-corrected chi connectivity index (χ1v) is 35.6. The molecule has 0 amide bonds. The first-order chi connectivity index (χ1) is 38.2. The summed E-state index contributed by atoms with van der Waals surface area (Å²) in [5, 5.41) is 65.0. The van der Waals surface area contributed by atoms with Gasteiger partial charge in [-0.15, -0.1) is 0 Å². The molecule has 5 N–H and O–H groups in total. The molecule has 0 spiro atoms. The Kier molecular flexibility index (Phi) is 24.7. The fourth-order valence-electron chi connectivity index (χ4n) is 13.7. The molecule has 0 unspecified atom stereocenters. The summed E-state index contributed by atoms with van der Waals surface area (Å²) in [5.41, 5.74) is -4.49. The topological polar surface area (TPSA) is 180 Å². The summed E-state index contributed by atoms with van der Waals surface area (Å²) in [6, 6.07) is 32.6. The van der Waals surface area contributed by atoms with Gasteiger partial charge in [0.15, 0.2) is 12.6 Å². The summed E-state index contributed by atoms with van der Waals surface area (Å²) in [4.78, 5) is 18.9. The number of ether oxygens (including phenoxy) is 6. The van der Waals surface area contributed by atoms with E-state index in [1.807, 2.05) is 46.7 Å². The number of esters is 1. The van der Waals surface area contributed by atoms with Crippen LogP contribution in [0.2, 0.25) is 0 Å². The van der Waals surface area contributed by atoms with Crippen molar-refractivity contribution < 1.29 is 58.7 Å². The first-order valence-electron chi connectivity index (χ1n) is 30.4. The summed E-state index contributed by atoms with van der Waals surface area (Å²) < 4.78 is 35.7. The molecule has 3 saturated heterocycles. The van der Waals surface area contributed by atoms with Crippen LogP contribution in [0.3, 0.4) is 0 Å². The van der Waals surface area contributed by atoms with E-state index in [9.17, 15) is 30.3 Å². The van der Waals surface area contributed by atoms with Crippen LogP contribution in [0.25, 0.3) is 0 Å². The molecule has 0 aliphatic carbocycles. The van der Waals surface area contributed by atoms with Gasteiger partial charge in [-0.05, 0) is 87.7 Å². The summed E-state index contributed by atoms with van der Waals surface area (Å²) in [6.45, 7) is 19.2. The van der Waals surface area contributed by atoms with E-state index in [0.29, 0.717) is 19.5 Å². The number of nitrogens with zero attached hydrogens (tertiary/aromatic N) is 2. The Bertz CT molecular complexity index is 2260. The van der Waals surface area contributed by atoms with Gasteiger partial charge >= 0.3 is 221 Å². The number of benzene rings is 3. The number of aliphatic hydroxyl groups is 5. The first kappa shape index (κ1) is 67.9. The maximum atomic E-state index is 14.7. The normalized spacial score (nSPS) is 36.7. The Morgan fingerprint density at radius 2 is 1.25 bits per heavy atom. The quantitative estimate of drug-likeness (QED) is 0.0295. The average molecular weight is 1260 g/mol. The summed E-state index contributed by atoms with van der Waals surface area (Å²) in [6.07, 6.45) is 1.26. The predicted octanol–water partition coefficient (Wildman–Crippen LogP) is 9.27. The number of cyclic esters (lactones) is 1. The van der Waals surface area contributed by atoms with Crippen molar-refractivity contribution in [2.75, 3.05) is 40.5 Å². The van der Waals surface area contributed by atoms with Gasteiger partial charge in [0.1, 0.15) is 30.0 Å². The zero-order valence-electron chi connectivity index (χ0n) is 51.2. The predicted molar refractivity (Wildman–Crippen MR) is 334 cm³/mol. The molecule has 0 aromatic heterocycles. The van der Waals surface area contributed by atoms with Gasteiger partial charge in [-0.3, -0.25) is 4.79 Å². The van der Waals surface area contributed by atoms with Gasteiger partial charge in [-0.25, -0.2) is 0 Å². The third kappa shape index (κ3) is 15.9. The number of unbranched alkanes of at least 4 members (excludes halogenated alkanes) is 7. The fourth-order valence-corrected chi connectivity index (χ4v) is 22.5. The molecule has 0 saturated carbocycles. The van der Waals surface area contributed by atoms with Crippen molar-refractivity contribution in [3.05, 3.63) is 91.0 Å². The van der Waals surface area contributed by atoms with Crippen molar-refractivity contribution >= 4 is 48.2 Å². The van der Waals surface area contributed by atoms with E-state index in [1.54, 1.807) is 34.6 Å². The molecule has 6 rings (SSSR count). The molecule has 14 nitrogen and oxygen atoms in total. The van der Waals surface area contributed by atoms with E-state index in [2.05, 4.69) is 125 Å². The molecule has 3 heterocycles. The van der Waals surface area contributed by atoms with Crippen LogP contribution in [0.1, 0.15) is 146 Å². The van der Waals surface area contributed by atoms with Gasteiger partial charge in [0, 0.05) is 25.5 Å². The van der Waals surface area contributed by atoms with Crippen LogP contribution in [-0.4, -0.2) is 172 Å². The Morgan fingerprint density at radius 3 is 1.75 bits per heavy atom. The van der Waals surface area contributed by atoms with E-state index in [0.717, 1.165) is 57.5 Å². The van der Waals surface area contributed by atoms with Crippen LogP contribution >= 0.6 is 26.3 Å². The van der Waals surface area contributed by atoms with Crippen LogP contribution < -0.4 is 15.9 Å². The fraction of sp³-hybridized carbons (Fsp3) is 0.708. The van der Waals surface area contributed by atoms with Crippen LogP contribution in [0.4, 0.5) is 0 Å². The van der Waals surface area contributed by atoms with Crippen molar-refractivity contribution in [1.29, 1.82) is 0 Å². The average Bonchev–Trinajstić information content (AvgIpc) is 3.45. The summed E-state index contributed by atoms with van der Waals surface area (Å²) in [5.74, 6) is -2.66. The van der Waals surface area contributed by atoms with Crippen LogP contribution in [0.5, 0.6) is 0 Å². The third-order valence-corrected chi connectivity index (χ3v) is 30.4. The molecule has 3 fully saturated rings. The van der Waals surface area contributed by atoms with E-state index in [1.165, 1.54) is 23.0 Å². The number of hydrogen-bond donors (Lipinski definition) is 5. The second-order valence-corrected chi connectivity index (χ2v) is 36.2. The molecule has 3 aliphatic rings. The molecule has 18 atom stereocenters. The number of hydrogen-bond acceptors (Lipinski definition) is 14. The zero-order valence-corrected chi connectivity index (χ0v) is 54.3. The Labute approximate surface area is 499 Å². The van der Waals surface area contributed by atoms with Crippen LogP contribution in [0, 0.1) is 17.8 Å². The second-order valence-electron chi connectivity index (χ2n) is 25.5. The summed E-state index contributed by atoms with van der Waals surface area (Å²) >= 11 is 2.89. The standard InChI is InChI=1S/C65H104IN2O12P/c1-14-54-65(10,74)58(70)48(6)68(38-30-19-17-15-16-18-20-31-39-81(66,50-32-24-21-25-33-50,51-34-26-22-27-35-51)52-36-28-23-29-37-52)43-44(2)41-63(8,73)60(80-62-56(69)53(67(11)12)40-45(3)76-62)46(4)57(47(5)61(72)78-54)79-55-42-64(9,75-13)59(71)49(7)77-55/h21-29,32-37,44-49,53-60,62,69-71,73-74H,14-20,30-31,38-43H2,1-13H3/t44-,45-,46+,47+,48-,49+,53+,54-,55+,56-,57+,58-,59+,60-,62+,63-,64-,65-/m1/s1. The number of halogens is 1. The molecular formula is C65H104IN2O12P. The number of aliphatic hydroxyl groups excluding tert-OH is 3. The summed E-state index contributed by atoms with van der Waals surface area (Å²) in [7, 11) is 5.34. The number of carbonyl (C=O) groups is 1. The van der Waals surface area contributed by atoms with E-state index in [4.69, 9.17) is 28.4 Å². The van der Waals surface area contributed by atoms with Crippen molar-refractivity contribution in [3.63, 3.8) is 0 Å². The van der Waals surface area contributed by atoms with Crippen molar-refractivity contribution in [2.24, 2.45) is 17.8 Å². The minimum absolute atomic E-state index is 0.124. The number of rotatable bonds is 21. The van der Waals surface area contributed by atoms with Crippen molar-refractivity contribution in [2.45, 2.75) is 237 Å². The Hall–Kier alpha value is -2.19.